The van der Waals surface area contributed by atoms with Crippen molar-refractivity contribution in [3.05, 3.63) is 41.7 Å². The number of thioether (sulfide) groups is 1. The molecule has 102 valence electrons. The fourth-order valence-corrected chi connectivity index (χ4v) is 2.42. The van der Waals surface area contributed by atoms with Gasteiger partial charge in [0.25, 0.3) is 0 Å². The van der Waals surface area contributed by atoms with E-state index in [2.05, 4.69) is 41.5 Å². The molecule has 1 N–H and O–H groups in total. The monoisotopic (exact) mass is 277 g/mol. The quantitative estimate of drug-likeness (QED) is 0.854. The van der Waals surface area contributed by atoms with Crippen LogP contribution in [0.1, 0.15) is 25.1 Å². The second-order valence-electron chi connectivity index (χ2n) is 5.09. The van der Waals surface area contributed by atoms with E-state index in [1.54, 1.807) is 36.5 Å². The van der Waals surface area contributed by atoms with Gasteiger partial charge in [0, 0.05) is 10.6 Å². The van der Waals surface area contributed by atoms with Gasteiger partial charge in [-0.2, -0.15) is 0 Å². The largest absolute Gasteiger partial charge is 0.384 e. The van der Waals surface area contributed by atoms with E-state index in [0.717, 1.165) is 12.3 Å². The number of hydrogen-bond donors (Lipinski definition) is 1. The summed E-state index contributed by atoms with van der Waals surface area (Å²) in [7, 11) is 0. The Morgan fingerprint density at radius 2 is 1.95 bits per heavy atom. The molecule has 0 unspecified atom stereocenters. The molecule has 0 fully saturated rings. The summed E-state index contributed by atoms with van der Waals surface area (Å²) in [6.45, 7) is 6.29. The molecule has 0 radical (unpaired) electrons. The summed E-state index contributed by atoms with van der Waals surface area (Å²) in [6, 6.07) is 8.49. The van der Waals surface area contributed by atoms with Gasteiger partial charge in [-0.05, 0) is 32.9 Å². The van der Waals surface area contributed by atoms with Crippen molar-refractivity contribution in [2.75, 3.05) is 5.75 Å². The van der Waals surface area contributed by atoms with Crippen molar-refractivity contribution in [1.82, 2.24) is 15.0 Å². The number of aromatic nitrogens is 3. The molecule has 0 aliphatic carbocycles. The first-order chi connectivity index (χ1) is 8.95. The topological polar surface area (TPSA) is 50.9 Å². The Hall–Kier alpha value is -1.33. The molecule has 2 rings (SSSR count). The molecule has 4 nitrogen and oxygen atoms in total. The van der Waals surface area contributed by atoms with Crippen LogP contribution in [0.5, 0.6) is 0 Å². The second-order valence-corrected chi connectivity index (χ2v) is 6.26. The van der Waals surface area contributed by atoms with E-state index < -0.39 is 5.60 Å². The number of aryl methyl sites for hydroxylation is 2. The molecule has 0 saturated carbocycles. The summed E-state index contributed by atoms with van der Waals surface area (Å²) >= 11 is 1.79. The highest BCUT2D eigenvalue weighted by Gasteiger charge is 2.19. The highest BCUT2D eigenvalue weighted by Crippen LogP contribution is 2.19. The zero-order chi connectivity index (χ0) is 13.9. The lowest BCUT2D eigenvalue weighted by molar-refractivity contribution is 0.0737. The van der Waals surface area contributed by atoms with Gasteiger partial charge in [-0.1, -0.05) is 22.9 Å². The van der Waals surface area contributed by atoms with Crippen LogP contribution in [0.25, 0.3) is 0 Å². The van der Waals surface area contributed by atoms with Crippen molar-refractivity contribution in [2.24, 2.45) is 0 Å². The molecule has 19 heavy (non-hydrogen) atoms. The van der Waals surface area contributed by atoms with E-state index in [1.807, 2.05) is 0 Å². The van der Waals surface area contributed by atoms with E-state index in [4.69, 9.17) is 0 Å². The van der Waals surface area contributed by atoms with Gasteiger partial charge < -0.3 is 5.11 Å². The van der Waals surface area contributed by atoms with Crippen LogP contribution in [-0.4, -0.2) is 25.9 Å². The Morgan fingerprint density at radius 3 is 2.53 bits per heavy atom. The Kier molecular flexibility index (Phi) is 4.27. The Morgan fingerprint density at radius 1 is 1.26 bits per heavy atom. The SMILES string of the molecule is Cc1ccc(SCCn2cc(C(C)(C)O)nn2)cc1. The molecule has 0 aliphatic heterocycles. The van der Waals surface area contributed by atoms with Crippen molar-refractivity contribution in [1.29, 1.82) is 0 Å². The maximum Gasteiger partial charge on any atom is 0.114 e. The van der Waals surface area contributed by atoms with Gasteiger partial charge in [0.2, 0.25) is 0 Å². The van der Waals surface area contributed by atoms with Crippen LogP contribution in [0, 0.1) is 6.92 Å². The van der Waals surface area contributed by atoms with Gasteiger partial charge in [-0.15, -0.1) is 16.9 Å². The second kappa shape index (κ2) is 5.75. The standard InChI is InChI=1S/C14H19N3OS/c1-11-4-6-12(7-5-11)19-9-8-17-10-13(15-16-17)14(2,3)18/h4-7,10,18H,8-9H2,1-3H3. The lowest BCUT2D eigenvalue weighted by Gasteiger charge is -2.11. The van der Waals surface area contributed by atoms with Gasteiger partial charge in [0.1, 0.15) is 11.3 Å². The first-order valence-corrected chi connectivity index (χ1v) is 7.26. The lowest BCUT2D eigenvalue weighted by atomic mass is 10.1. The first kappa shape index (κ1) is 14.1. The summed E-state index contributed by atoms with van der Waals surface area (Å²) in [4.78, 5) is 1.26. The molecule has 0 amide bonds. The minimum atomic E-state index is -0.928. The molecule has 2 aromatic rings. The van der Waals surface area contributed by atoms with E-state index in [1.165, 1.54) is 10.5 Å². The fourth-order valence-electron chi connectivity index (χ4n) is 1.58. The maximum atomic E-state index is 9.81. The summed E-state index contributed by atoms with van der Waals surface area (Å²) in [6.07, 6.45) is 1.80. The van der Waals surface area contributed by atoms with E-state index >= 15 is 0 Å². The number of benzene rings is 1. The lowest BCUT2D eigenvalue weighted by Crippen LogP contribution is -2.15. The third-order valence-corrected chi connectivity index (χ3v) is 3.77. The molecular weight excluding hydrogens is 258 g/mol. The molecule has 0 spiro atoms. The minimum absolute atomic E-state index is 0.604. The fraction of sp³-hybridized carbons (Fsp3) is 0.429. The number of rotatable bonds is 5. The van der Waals surface area contributed by atoms with Crippen LogP contribution < -0.4 is 0 Å². The average Bonchev–Trinajstić information content (AvgIpc) is 2.80. The predicted octanol–water partition coefficient (Wildman–Crippen LogP) is 2.61. The smallest absolute Gasteiger partial charge is 0.114 e. The summed E-state index contributed by atoms with van der Waals surface area (Å²) < 4.78 is 1.77. The van der Waals surface area contributed by atoms with Crippen molar-refractivity contribution in [3.8, 4) is 0 Å². The molecule has 1 aromatic carbocycles. The summed E-state index contributed by atoms with van der Waals surface area (Å²) in [5.41, 5.74) is 0.950. The van der Waals surface area contributed by atoms with Gasteiger partial charge in [0.05, 0.1) is 12.7 Å². The van der Waals surface area contributed by atoms with E-state index in [-0.39, 0.29) is 0 Å². The van der Waals surface area contributed by atoms with Gasteiger partial charge in [-0.25, -0.2) is 0 Å². The van der Waals surface area contributed by atoms with Gasteiger partial charge in [0.15, 0.2) is 0 Å². The van der Waals surface area contributed by atoms with Crippen LogP contribution in [0.15, 0.2) is 35.4 Å². The van der Waals surface area contributed by atoms with Crippen LogP contribution >= 0.6 is 11.8 Å². The van der Waals surface area contributed by atoms with Crippen molar-refractivity contribution >= 4 is 11.8 Å². The highest BCUT2D eigenvalue weighted by molar-refractivity contribution is 7.99. The maximum absolute atomic E-state index is 9.81. The zero-order valence-corrected chi connectivity index (χ0v) is 12.3. The molecule has 5 heteroatoms. The first-order valence-electron chi connectivity index (χ1n) is 6.27. The average molecular weight is 277 g/mol. The van der Waals surface area contributed by atoms with Gasteiger partial charge in [-0.3, -0.25) is 4.68 Å². The van der Waals surface area contributed by atoms with Crippen LogP contribution in [0.2, 0.25) is 0 Å². The van der Waals surface area contributed by atoms with E-state index in [0.29, 0.717) is 5.69 Å². The number of nitrogens with zero attached hydrogens (tertiary/aromatic N) is 3. The molecule has 0 atom stereocenters. The van der Waals surface area contributed by atoms with Gasteiger partial charge >= 0.3 is 0 Å². The molecule has 0 saturated heterocycles. The molecule has 1 heterocycles. The molecular formula is C14H19N3OS. The van der Waals surface area contributed by atoms with Crippen LogP contribution in [-0.2, 0) is 12.1 Å². The summed E-state index contributed by atoms with van der Waals surface area (Å²) in [5.74, 6) is 0.928. The predicted molar refractivity (Wildman–Crippen MR) is 77.2 cm³/mol. The molecule has 0 bridgehead atoms. The Balaban J connectivity index is 1.86. The van der Waals surface area contributed by atoms with Crippen LogP contribution in [0.4, 0.5) is 0 Å². The summed E-state index contributed by atoms with van der Waals surface area (Å²) in [5, 5.41) is 17.8. The third kappa shape index (κ3) is 4.08. The third-order valence-electron chi connectivity index (χ3n) is 2.78. The normalized spacial score (nSPS) is 11.8. The number of hydrogen-bond acceptors (Lipinski definition) is 4. The van der Waals surface area contributed by atoms with Crippen molar-refractivity contribution in [2.45, 2.75) is 37.8 Å². The highest BCUT2D eigenvalue weighted by atomic mass is 32.2. The van der Waals surface area contributed by atoms with E-state index in [9.17, 15) is 5.11 Å². The Bertz CT molecular complexity index is 528. The molecule has 1 aromatic heterocycles. The Labute approximate surface area is 117 Å². The van der Waals surface area contributed by atoms with Crippen molar-refractivity contribution < 1.29 is 5.11 Å². The minimum Gasteiger partial charge on any atom is -0.384 e. The zero-order valence-electron chi connectivity index (χ0n) is 11.5. The number of aliphatic hydroxyl groups is 1. The molecule has 0 aliphatic rings. The van der Waals surface area contributed by atoms with Crippen LogP contribution in [0.3, 0.4) is 0 Å². The van der Waals surface area contributed by atoms with Crippen molar-refractivity contribution in [3.63, 3.8) is 0 Å².